The van der Waals surface area contributed by atoms with Crippen LogP contribution in [0.2, 0.25) is 0 Å². The molecule has 1 aromatic rings. The highest BCUT2D eigenvalue weighted by Crippen LogP contribution is 2.24. The molecule has 0 aromatic heterocycles. The first-order chi connectivity index (χ1) is 9.17. The summed E-state index contributed by atoms with van der Waals surface area (Å²) in [4.78, 5) is 14.5. The molecule has 2 unspecified atom stereocenters. The molecule has 1 saturated heterocycles. The van der Waals surface area contributed by atoms with Crippen molar-refractivity contribution in [1.29, 1.82) is 0 Å². The summed E-state index contributed by atoms with van der Waals surface area (Å²) in [6.07, 6.45) is 1.88. The van der Waals surface area contributed by atoms with Gasteiger partial charge in [-0.1, -0.05) is 12.1 Å². The van der Waals surface area contributed by atoms with Crippen LogP contribution in [0.1, 0.15) is 23.2 Å². The number of methoxy groups -OCH3 is 1. The number of amides is 1. The van der Waals surface area contributed by atoms with E-state index >= 15 is 0 Å². The van der Waals surface area contributed by atoms with Crippen LogP contribution < -0.4 is 5.73 Å². The van der Waals surface area contributed by atoms with Crippen LogP contribution in [0.15, 0.2) is 28.7 Å². The molecule has 0 bridgehead atoms. The molecule has 2 N–H and O–H groups in total. The van der Waals surface area contributed by atoms with Gasteiger partial charge in [-0.3, -0.25) is 4.79 Å². The van der Waals surface area contributed by atoms with Crippen molar-refractivity contribution in [2.75, 3.05) is 20.2 Å². The van der Waals surface area contributed by atoms with Crippen LogP contribution in [0.25, 0.3) is 0 Å². The molecule has 4 nitrogen and oxygen atoms in total. The summed E-state index contributed by atoms with van der Waals surface area (Å²) >= 11 is 3.43. The number of carbonyl (C=O) groups excluding carboxylic acids is 1. The molecule has 1 aromatic carbocycles. The Morgan fingerprint density at radius 3 is 2.89 bits per heavy atom. The Bertz CT molecular complexity index is 453. The summed E-state index contributed by atoms with van der Waals surface area (Å²) in [5.41, 5.74) is 6.49. The number of carbonyl (C=O) groups is 1. The first kappa shape index (κ1) is 14.5. The van der Waals surface area contributed by atoms with E-state index in [0.717, 1.165) is 17.3 Å². The summed E-state index contributed by atoms with van der Waals surface area (Å²) in [6.45, 7) is 1.16. The van der Waals surface area contributed by atoms with Crippen LogP contribution in [0, 0.1) is 0 Å². The lowest BCUT2D eigenvalue weighted by Crippen LogP contribution is -2.51. The average Bonchev–Trinajstić information content (AvgIpc) is 2.46. The zero-order valence-electron chi connectivity index (χ0n) is 11.0. The van der Waals surface area contributed by atoms with Crippen molar-refractivity contribution >= 4 is 21.8 Å². The summed E-state index contributed by atoms with van der Waals surface area (Å²) in [7, 11) is 1.71. The van der Waals surface area contributed by atoms with Gasteiger partial charge in [0.15, 0.2) is 0 Å². The van der Waals surface area contributed by atoms with Gasteiger partial charge in [-0.25, -0.2) is 0 Å². The van der Waals surface area contributed by atoms with E-state index in [0.29, 0.717) is 18.7 Å². The van der Waals surface area contributed by atoms with Gasteiger partial charge in [0, 0.05) is 30.7 Å². The normalized spacial score (nSPS) is 23.4. The third-order valence-electron chi connectivity index (χ3n) is 3.64. The van der Waals surface area contributed by atoms with Crippen molar-refractivity contribution in [1.82, 2.24) is 4.90 Å². The molecule has 104 valence electrons. The lowest BCUT2D eigenvalue weighted by atomic mass is 9.98. The second kappa shape index (κ2) is 6.50. The second-order valence-corrected chi connectivity index (χ2v) is 5.60. The minimum absolute atomic E-state index is 0.0393. The Morgan fingerprint density at radius 1 is 1.53 bits per heavy atom. The van der Waals surface area contributed by atoms with Crippen LogP contribution in [0.3, 0.4) is 0 Å². The zero-order chi connectivity index (χ0) is 13.8. The Balaban J connectivity index is 2.17. The van der Waals surface area contributed by atoms with Gasteiger partial charge >= 0.3 is 0 Å². The molecule has 2 atom stereocenters. The Morgan fingerprint density at radius 2 is 2.26 bits per heavy atom. The quantitative estimate of drug-likeness (QED) is 0.924. The molecule has 1 fully saturated rings. The first-order valence-electron chi connectivity index (χ1n) is 6.45. The molecule has 5 heteroatoms. The number of benzene rings is 1. The zero-order valence-corrected chi connectivity index (χ0v) is 12.6. The first-order valence-corrected chi connectivity index (χ1v) is 7.25. The van der Waals surface area contributed by atoms with Crippen LogP contribution >= 0.6 is 15.9 Å². The smallest absolute Gasteiger partial charge is 0.255 e. The summed E-state index contributed by atoms with van der Waals surface area (Å²) < 4.78 is 6.20. The molecule has 1 aliphatic heterocycles. The number of likely N-dealkylation sites (tertiary alicyclic amines) is 1. The molecule has 0 spiro atoms. The van der Waals surface area contributed by atoms with Crippen LogP contribution in [-0.2, 0) is 4.74 Å². The van der Waals surface area contributed by atoms with Crippen molar-refractivity contribution in [3.8, 4) is 0 Å². The fourth-order valence-electron chi connectivity index (χ4n) is 2.51. The van der Waals surface area contributed by atoms with E-state index < -0.39 is 0 Å². The van der Waals surface area contributed by atoms with Gasteiger partial charge in [-0.05, 0) is 40.9 Å². The summed E-state index contributed by atoms with van der Waals surface area (Å²) in [5.74, 6) is 0.0393. The number of hydrogen-bond donors (Lipinski definition) is 1. The van der Waals surface area contributed by atoms with Crippen LogP contribution in [0.5, 0.6) is 0 Å². The molecular weight excluding hydrogens is 308 g/mol. The number of nitrogens with two attached hydrogens (primary N) is 1. The number of piperidine rings is 1. The lowest BCUT2D eigenvalue weighted by Gasteiger charge is -2.38. The fourth-order valence-corrected chi connectivity index (χ4v) is 2.96. The van der Waals surface area contributed by atoms with Crippen LogP contribution in [0.4, 0.5) is 0 Å². The SMILES string of the molecule is COC1CCN(C(=O)c2ccccc2Br)C(CN)C1. The largest absolute Gasteiger partial charge is 0.381 e. The highest BCUT2D eigenvalue weighted by Gasteiger charge is 2.31. The third-order valence-corrected chi connectivity index (χ3v) is 4.33. The summed E-state index contributed by atoms with van der Waals surface area (Å²) in [5, 5.41) is 0. The van der Waals surface area contributed by atoms with Crippen molar-refractivity contribution in [3.05, 3.63) is 34.3 Å². The Kier molecular flexibility index (Phi) is 4.96. The van der Waals surface area contributed by atoms with Gasteiger partial charge < -0.3 is 15.4 Å². The molecule has 19 heavy (non-hydrogen) atoms. The van der Waals surface area contributed by atoms with E-state index in [9.17, 15) is 4.79 Å². The highest BCUT2D eigenvalue weighted by atomic mass is 79.9. The number of hydrogen-bond acceptors (Lipinski definition) is 3. The Hall–Kier alpha value is -0.910. The maximum absolute atomic E-state index is 12.6. The fraction of sp³-hybridized carbons (Fsp3) is 0.500. The lowest BCUT2D eigenvalue weighted by molar-refractivity contribution is 0.0138. The molecule has 0 aliphatic carbocycles. The minimum Gasteiger partial charge on any atom is -0.381 e. The van der Waals surface area contributed by atoms with Gasteiger partial charge in [0.25, 0.3) is 5.91 Å². The van der Waals surface area contributed by atoms with E-state index in [-0.39, 0.29) is 18.1 Å². The topological polar surface area (TPSA) is 55.6 Å². The van der Waals surface area contributed by atoms with Crippen LogP contribution in [-0.4, -0.2) is 43.2 Å². The van der Waals surface area contributed by atoms with E-state index in [1.165, 1.54) is 0 Å². The maximum atomic E-state index is 12.6. The van der Waals surface area contributed by atoms with Gasteiger partial charge in [-0.2, -0.15) is 0 Å². The predicted octanol–water partition coefficient (Wildman–Crippen LogP) is 2.03. The van der Waals surface area contributed by atoms with Gasteiger partial charge in [0.1, 0.15) is 0 Å². The molecule has 1 heterocycles. The van der Waals surface area contributed by atoms with E-state index in [4.69, 9.17) is 10.5 Å². The number of halogens is 1. The number of nitrogens with zero attached hydrogens (tertiary/aromatic N) is 1. The summed E-state index contributed by atoms with van der Waals surface area (Å²) in [6, 6.07) is 7.54. The molecule has 2 rings (SSSR count). The molecular formula is C14H19BrN2O2. The van der Waals surface area contributed by atoms with E-state index in [1.54, 1.807) is 7.11 Å². The van der Waals surface area contributed by atoms with E-state index in [1.807, 2.05) is 29.2 Å². The predicted molar refractivity (Wildman–Crippen MR) is 78.1 cm³/mol. The molecule has 0 radical (unpaired) electrons. The number of rotatable bonds is 3. The van der Waals surface area contributed by atoms with Gasteiger partial charge in [-0.15, -0.1) is 0 Å². The standard InChI is InChI=1S/C14H19BrN2O2/c1-19-11-6-7-17(10(8-11)9-16)14(18)12-4-2-3-5-13(12)15/h2-5,10-11H,6-9,16H2,1H3. The van der Waals surface area contributed by atoms with Crippen molar-refractivity contribution in [2.45, 2.75) is 25.0 Å². The molecule has 0 saturated carbocycles. The highest BCUT2D eigenvalue weighted by molar-refractivity contribution is 9.10. The van der Waals surface area contributed by atoms with E-state index in [2.05, 4.69) is 15.9 Å². The van der Waals surface area contributed by atoms with Crippen molar-refractivity contribution in [2.24, 2.45) is 5.73 Å². The Labute approximate surface area is 122 Å². The van der Waals surface area contributed by atoms with Crippen molar-refractivity contribution in [3.63, 3.8) is 0 Å². The minimum atomic E-state index is 0.0393. The average molecular weight is 327 g/mol. The van der Waals surface area contributed by atoms with Crippen molar-refractivity contribution < 1.29 is 9.53 Å². The molecule has 1 amide bonds. The maximum Gasteiger partial charge on any atom is 0.255 e. The molecule has 1 aliphatic rings. The van der Waals surface area contributed by atoms with Gasteiger partial charge in [0.05, 0.1) is 11.7 Å². The number of ether oxygens (including phenoxy) is 1. The third kappa shape index (κ3) is 3.16. The monoisotopic (exact) mass is 326 g/mol. The second-order valence-electron chi connectivity index (χ2n) is 4.75. The van der Waals surface area contributed by atoms with Gasteiger partial charge in [0.2, 0.25) is 0 Å².